The number of likely N-dealkylation sites (N-methyl/N-ethyl adjacent to an activating group) is 1. The topological polar surface area (TPSA) is 119 Å². The smallest absolute Gasteiger partial charge is 0.336 e. The number of dihydropyridines is 1. The van der Waals surface area contributed by atoms with Gasteiger partial charge in [-0.2, -0.15) is 0 Å². The number of nitrogens with one attached hydrogen (secondary N) is 1. The van der Waals surface area contributed by atoms with Gasteiger partial charge in [0.1, 0.15) is 6.61 Å². The molecule has 1 unspecified atom stereocenters. The molecule has 2 aliphatic heterocycles. The fraction of sp³-hybridized carbons (Fsp3) is 0.400. The van der Waals surface area contributed by atoms with Gasteiger partial charge in [-0.1, -0.05) is 18.2 Å². The van der Waals surface area contributed by atoms with Gasteiger partial charge in [-0.15, -0.1) is 11.3 Å². The standard InChI is InChI=1S/C25H29N3O6S2/c1-17-22(25(29)34-12-11-27(2)16-20-9-6-13-35-20)23(18-7-5-8-19(15-18)28(30)31)24-21(26-17)10-3-4-14-36(24,32)33/h5-9,13,15,23,26H,3-4,10-12,14,16H2,1-2H3. The predicted octanol–water partition coefficient (Wildman–Crippen LogP) is 4.10. The molecule has 0 saturated carbocycles. The van der Waals surface area contributed by atoms with Crippen LogP contribution in [0.25, 0.3) is 0 Å². The number of nitro benzene ring substituents is 1. The molecular weight excluding hydrogens is 502 g/mol. The molecule has 0 radical (unpaired) electrons. The molecule has 2 aliphatic rings. The van der Waals surface area contributed by atoms with Crippen LogP contribution in [-0.4, -0.2) is 50.2 Å². The van der Waals surface area contributed by atoms with Crippen LogP contribution < -0.4 is 5.32 Å². The summed E-state index contributed by atoms with van der Waals surface area (Å²) >= 11 is 1.65. The molecule has 0 spiro atoms. The number of non-ortho nitro benzene ring substituents is 1. The van der Waals surface area contributed by atoms with E-state index in [9.17, 15) is 23.3 Å². The minimum atomic E-state index is -3.71. The summed E-state index contributed by atoms with van der Waals surface area (Å²) in [5, 5.41) is 16.6. The molecule has 36 heavy (non-hydrogen) atoms. The summed E-state index contributed by atoms with van der Waals surface area (Å²) in [4.78, 5) is 27.7. The van der Waals surface area contributed by atoms with Crippen molar-refractivity contribution < 1.29 is 22.9 Å². The molecular formula is C25H29N3O6S2. The van der Waals surface area contributed by atoms with Crippen molar-refractivity contribution in [2.24, 2.45) is 0 Å². The van der Waals surface area contributed by atoms with Crippen LogP contribution in [-0.2, 0) is 25.9 Å². The van der Waals surface area contributed by atoms with E-state index in [0.717, 1.165) is 6.54 Å². The molecule has 2 aromatic rings. The van der Waals surface area contributed by atoms with E-state index in [-0.39, 0.29) is 28.5 Å². The van der Waals surface area contributed by atoms with Crippen LogP contribution in [0.5, 0.6) is 0 Å². The second-order valence-electron chi connectivity index (χ2n) is 9.02. The number of carbonyl (C=O) groups is 1. The summed E-state index contributed by atoms with van der Waals surface area (Å²) < 4.78 is 32.3. The second kappa shape index (κ2) is 10.9. The predicted molar refractivity (Wildman–Crippen MR) is 138 cm³/mol. The van der Waals surface area contributed by atoms with Gasteiger partial charge in [0.2, 0.25) is 0 Å². The highest BCUT2D eigenvalue weighted by Gasteiger charge is 2.41. The Morgan fingerprint density at radius 2 is 2.08 bits per heavy atom. The monoisotopic (exact) mass is 531 g/mol. The zero-order valence-electron chi connectivity index (χ0n) is 20.2. The highest BCUT2D eigenvalue weighted by Crippen LogP contribution is 2.44. The van der Waals surface area contributed by atoms with Crippen molar-refractivity contribution in [2.45, 2.75) is 38.6 Å². The summed E-state index contributed by atoms with van der Waals surface area (Å²) in [6.07, 6.45) is 1.72. The number of hydrogen-bond acceptors (Lipinski definition) is 9. The van der Waals surface area contributed by atoms with Crippen LogP contribution >= 0.6 is 11.3 Å². The SMILES string of the molecule is CC1=C(C(=O)OCCN(C)Cc2cccs2)C(c2cccc([N+](=O)[O-])c2)C2=C(CCCCS2(=O)=O)N1. The van der Waals surface area contributed by atoms with Gasteiger partial charge in [0.05, 0.1) is 27.1 Å². The maximum atomic E-state index is 13.4. The number of ether oxygens (including phenoxy) is 1. The molecule has 0 saturated heterocycles. The average molecular weight is 532 g/mol. The van der Waals surface area contributed by atoms with Crippen molar-refractivity contribution in [3.63, 3.8) is 0 Å². The van der Waals surface area contributed by atoms with E-state index >= 15 is 0 Å². The number of hydrogen-bond donors (Lipinski definition) is 1. The van der Waals surface area contributed by atoms with E-state index in [2.05, 4.69) is 5.32 Å². The number of thiophene rings is 1. The van der Waals surface area contributed by atoms with Crippen LogP contribution in [0, 0.1) is 10.1 Å². The third kappa shape index (κ3) is 5.69. The van der Waals surface area contributed by atoms with E-state index in [0.29, 0.717) is 42.8 Å². The fourth-order valence-electron chi connectivity index (χ4n) is 4.66. The molecule has 11 heteroatoms. The Morgan fingerprint density at radius 1 is 1.28 bits per heavy atom. The van der Waals surface area contributed by atoms with Gasteiger partial charge < -0.3 is 10.1 Å². The lowest BCUT2D eigenvalue weighted by molar-refractivity contribution is -0.384. The van der Waals surface area contributed by atoms with Crippen LogP contribution in [0.2, 0.25) is 0 Å². The highest BCUT2D eigenvalue weighted by atomic mass is 32.2. The van der Waals surface area contributed by atoms with Crippen LogP contribution in [0.3, 0.4) is 0 Å². The first-order valence-electron chi connectivity index (χ1n) is 11.7. The number of esters is 1. The molecule has 0 fully saturated rings. The quantitative estimate of drug-likeness (QED) is 0.307. The average Bonchev–Trinajstić information content (AvgIpc) is 3.28. The Labute approximate surface area is 214 Å². The first kappa shape index (κ1) is 26.1. The molecule has 1 aromatic heterocycles. The van der Waals surface area contributed by atoms with E-state index in [1.165, 1.54) is 23.1 Å². The summed E-state index contributed by atoms with van der Waals surface area (Å²) in [5.74, 6) is -1.64. The Kier molecular flexibility index (Phi) is 7.91. The van der Waals surface area contributed by atoms with Crippen molar-refractivity contribution in [1.29, 1.82) is 0 Å². The van der Waals surface area contributed by atoms with E-state index in [1.54, 1.807) is 24.3 Å². The minimum Gasteiger partial charge on any atom is -0.461 e. The summed E-state index contributed by atoms with van der Waals surface area (Å²) in [7, 11) is -1.77. The molecule has 3 heterocycles. The molecule has 0 amide bonds. The zero-order chi connectivity index (χ0) is 25.9. The zero-order valence-corrected chi connectivity index (χ0v) is 21.9. The number of carbonyl (C=O) groups excluding carboxylic acids is 1. The second-order valence-corrected chi connectivity index (χ2v) is 12.1. The Hall–Kier alpha value is -3.02. The van der Waals surface area contributed by atoms with Gasteiger partial charge in [0.15, 0.2) is 9.84 Å². The molecule has 0 bridgehead atoms. The van der Waals surface area contributed by atoms with Gasteiger partial charge in [-0.3, -0.25) is 15.0 Å². The molecule has 4 rings (SSSR count). The molecule has 192 valence electrons. The Bertz CT molecular complexity index is 1320. The van der Waals surface area contributed by atoms with Gasteiger partial charge >= 0.3 is 5.97 Å². The lowest BCUT2D eigenvalue weighted by atomic mass is 9.85. The lowest BCUT2D eigenvalue weighted by Crippen LogP contribution is -2.33. The van der Waals surface area contributed by atoms with Crippen molar-refractivity contribution in [2.75, 3.05) is 26.0 Å². The number of allylic oxidation sites excluding steroid dienone is 3. The van der Waals surface area contributed by atoms with Gasteiger partial charge in [-0.25, -0.2) is 13.2 Å². The van der Waals surface area contributed by atoms with E-state index in [1.807, 2.05) is 29.5 Å². The van der Waals surface area contributed by atoms with Crippen LogP contribution in [0.1, 0.15) is 42.5 Å². The van der Waals surface area contributed by atoms with Crippen LogP contribution in [0.15, 0.2) is 63.7 Å². The minimum absolute atomic E-state index is 0.0339. The maximum absolute atomic E-state index is 13.4. The number of nitrogens with zero attached hydrogens (tertiary/aromatic N) is 2. The fourth-order valence-corrected chi connectivity index (χ4v) is 7.39. The number of sulfone groups is 1. The Morgan fingerprint density at radius 3 is 2.81 bits per heavy atom. The first-order valence-corrected chi connectivity index (χ1v) is 14.3. The van der Waals surface area contributed by atoms with Crippen LogP contribution in [0.4, 0.5) is 5.69 Å². The highest BCUT2D eigenvalue weighted by molar-refractivity contribution is 7.95. The molecule has 0 aliphatic carbocycles. The van der Waals surface area contributed by atoms with Gasteiger partial charge in [0, 0.05) is 41.5 Å². The van der Waals surface area contributed by atoms with Crippen molar-refractivity contribution >= 4 is 32.8 Å². The largest absolute Gasteiger partial charge is 0.461 e. The Balaban J connectivity index is 1.64. The summed E-state index contributed by atoms with van der Waals surface area (Å²) in [6, 6.07) is 9.85. The molecule has 1 aromatic carbocycles. The van der Waals surface area contributed by atoms with Crippen molar-refractivity contribution in [1.82, 2.24) is 10.2 Å². The number of nitro groups is 1. The van der Waals surface area contributed by atoms with Crippen molar-refractivity contribution in [3.05, 3.63) is 84.2 Å². The number of rotatable bonds is 8. The summed E-state index contributed by atoms with van der Waals surface area (Å²) in [6.45, 7) is 3.06. The molecule has 1 N–H and O–H groups in total. The van der Waals surface area contributed by atoms with E-state index in [4.69, 9.17) is 4.74 Å². The normalized spacial score (nSPS) is 19.5. The first-order chi connectivity index (χ1) is 17.2. The van der Waals surface area contributed by atoms with Crippen molar-refractivity contribution in [3.8, 4) is 0 Å². The third-order valence-electron chi connectivity index (χ3n) is 6.36. The maximum Gasteiger partial charge on any atom is 0.336 e. The van der Waals surface area contributed by atoms with E-state index < -0.39 is 26.6 Å². The molecule has 9 nitrogen and oxygen atoms in total. The molecule has 1 atom stereocenters. The van der Waals surface area contributed by atoms with Gasteiger partial charge in [0.25, 0.3) is 5.69 Å². The van der Waals surface area contributed by atoms with Gasteiger partial charge in [-0.05, 0) is 50.2 Å². The third-order valence-corrected chi connectivity index (χ3v) is 9.20. The number of benzene rings is 1. The summed E-state index contributed by atoms with van der Waals surface area (Å²) in [5.41, 5.74) is 1.43. The lowest BCUT2D eigenvalue weighted by Gasteiger charge is -2.31.